The SMILES string of the molecule is Cc1ccc2nc3sc(C(=O)NCCCN4CCOCC4)cc3cc2c1. The molecule has 0 radical (unpaired) electrons. The van der Waals surface area contributed by atoms with Crippen molar-refractivity contribution in [3.63, 3.8) is 0 Å². The maximum atomic E-state index is 12.5. The minimum Gasteiger partial charge on any atom is -0.379 e. The molecule has 0 atom stereocenters. The van der Waals surface area contributed by atoms with Crippen LogP contribution in [-0.4, -0.2) is 55.2 Å². The fourth-order valence-corrected chi connectivity index (χ4v) is 4.22. The van der Waals surface area contributed by atoms with E-state index in [0.29, 0.717) is 6.54 Å². The molecule has 0 aliphatic carbocycles. The molecular weight excluding hydrogens is 346 g/mol. The van der Waals surface area contributed by atoms with Gasteiger partial charge < -0.3 is 10.1 Å². The molecule has 136 valence electrons. The molecule has 1 saturated heterocycles. The van der Waals surface area contributed by atoms with E-state index in [0.717, 1.165) is 65.3 Å². The molecule has 0 saturated carbocycles. The van der Waals surface area contributed by atoms with Crippen LogP contribution in [0.2, 0.25) is 0 Å². The zero-order chi connectivity index (χ0) is 17.9. The molecule has 1 aromatic carbocycles. The van der Waals surface area contributed by atoms with E-state index in [4.69, 9.17) is 9.72 Å². The molecule has 4 rings (SSSR count). The lowest BCUT2D eigenvalue weighted by Crippen LogP contribution is -2.38. The normalized spacial score (nSPS) is 15.6. The number of hydrogen-bond donors (Lipinski definition) is 1. The minimum atomic E-state index is -0.00443. The summed E-state index contributed by atoms with van der Waals surface area (Å²) >= 11 is 1.46. The van der Waals surface area contributed by atoms with E-state index < -0.39 is 0 Å². The van der Waals surface area contributed by atoms with Crippen LogP contribution < -0.4 is 5.32 Å². The van der Waals surface area contributed by atoms with E-state index in [-0.39, 0.29) is 5.91 Å². The molecule has 3 aromatic rings. The van der Waals surface area contributed by atoms with Gasteiger partial charge in [-0.1, -0.05) is 11.6 Å². The molecular formula is C20H23N3O2S. The van der Waals surface area contributed by atoms with Crippen LogP contribution in [0.3, 0.4) is 0 Å². The highest BCUT2D eigenvalue weighted by Crippen LogP contribution is 2.27. The number of nitrogens with zero attached hydrogens (tertiary/aromatic N) is 2. The summed E-state index contributed by atoms with van der Waals surface area (Å²) in [4.78, 5) is 21.2. The van der Waals surface area contributed by atoms with Crippen molar-refractivity contribution in [3.05, 3.63) is 40.8 Å². The van der Waals surface area contributed by atoms with Crippen LogP contribution in [0.25, 0.3) is 21.1 Å². The highest BCUT2D eigenvalue weighted by atomic mass is 32.1. The zero-order valence-corrected chi connectivity index (χ0v) is 15.8. The van der Waals surface area contributed by atoms with Gasteiger partial charge in [0, 0.05) is 30.4 Å². The van der Waals surface area contributed by atoms with E-state index in [9.17, 15) is 4.79 Å². The Morgan fingerprint density at radius 1 is 1.23 bits per heavy atom. The molecule has 26 heavy (non-hydrogen) atoms. The second-order valence-electron chi connectivity index (χ2n) is 6.75. The number of aromatic nitrogens is 1. The number of carbonyl (C=O) groups excluding carboxylic acids is 1. The van der Waals surface area contributed by atoms with Crippen LogP contribution in [0.4, 0.5) is 0 Å². The molecule has 2 aromatic heterocycles. The first-order chi connectivity index (χ1) is 12.7. The number of fused-ring (bicyclic) bond motifs is 2. The van der Waals surface area contributed by atoms with Crippen LogP contribution in [0, 0.1) is 6.92 Å². The molecule has 1 aliphatic heterocycles. The zero-order valence-electron chi connectivity index (χ0n) is 15.0. The summed E-state index contributed by atoms with van der Waals surface area (Å²) in [6, 6.07) is 10.3. The van der Waals surface area contributed by atoms with Gasteiger partial charge in [0.1, 0.15) is 4.83 Å². The van der Waals surface area contributed by atoms with Crippen molar-refractivity contribution in [2.75, 3.05) is 39.4 Å². The number of amides is 1. The summed E-state index contributed by atoms with van der Waals surface area (Å²) in [6.07, 6.45) is 0.956. The van der Waals surface area contributed by atoms with Gasteiger partial charge in [0.25, 0.3) is 5.91 Å². The lowest BCUT2D eigenvalue weighted by atomic mass is 10.1. The Hall–Kier alpha value is -2.02. The van der Waals surface area contributed by atoms with Crippen molar-refractivity contribution in [2.24, 2.45) is 0 Å². The highest BCUT2D eigenvalue weighted by Gasteiger charge is 2.13. The van der Waals surface area contributed by atoms with E-state index in [1.54, 1.807) is 0 Å². The van der Waals surface area contributed by atoms with Crippen molar-refractivity contribution in [1.29, 1.82) is 0 Å². The Morgan fingerprint density at radius 2 is 2.08 bits per heavy atom. The third-order valence-electron chi connectivity index (χ3n) is 4.72. The van der Waals surface area contributed by atoms with Crippen LogP contribution in [0.5, 0.6) is 0 Å². The lowest BCUT2D eigenvalue weighted by molar-refractivity contribution is 0.0374. The second-order valence-corrected chi connectivity index (χ2v) is 7.78. The molecule has 1 N–H and O–H groups in total. The van der Waals surface area contributed by atoms with E-state index >= 15 is 0 Å². The smallest absolute Gasteiger partial charge is 0.261 e. The Bertz CT molecular complexity index is 931. The van der Waals surface area contributed by atoms with Crippen molar-refractivity contribution < 1.29 is 9.53 Å². The number of carbonyl (C=O) groups is 1. The van der Waals surface area contributed by atoms with Gasteiger partial charge in [-0.15, -0.1) is 11.3 Å². The standard InChI is InChI=1S/C20H23N3O2S/c1-14-3-4-17-15(11-14)12-16-13-18(26-20(16)22-17)19(24)21-5-2-6-23-7-9-25-10-8-23/h3-4,11-13H,2,5-10H2,1H3,(H,21,24). The minimum absolute atomic E-state index is 0.00443. The Labute approximate surface area is 157 Å². The van der Waals surface area contributed by atoms with Gasteiger partial charge in [-0.05, 0) is 44.2 Å². The lowest BCUT2D eigenvalue weighted by Gasteiger charge is -2.26. The van der Waals surface area contributed by atoms with Crippen LogP contribution in [0.15, 0.2) is 30.3 Å². The number of ether oxygens (including phenoxy) is 1. The first-order valence-corrected chi connectivity index (χ1v) is 9.90. The molecule has 5 nitrogen and oxygen atoms in total. The predicted octanol–water partition coefficient (Wildman–Crippen LogP) is 3.21. The van der Waals surface area contributed by atoms with Gasteiger partial charge >= 0.3 is 0 Å². The van der Waals surface area contributed by atoms with Crippen LogP contribution in [-0.2, 0) is 4.74 Å². The number of thiophene rings is 1. The summed E-state index contributed by atoms with van der Waals surface area (Å²) in [7, 11) is 0. The summed E-state index contributed by atoms with van der Waals surface area (Å²) < 4.78 is 5.35. The monoisotopic (exact) mass is 369 g/mol. The fourth-order valence-electron chi connectivity index (χ4n) is 3.28. The third-order valence-corrected chi connectivity index (χ3v) is 5.76. The van der Waals surface area contributed by atoms with Gasteiger partial charge in [0.15, 0.2) is 0 Å². The molecule has 1 fully saturated rings. The molecule has 0 spiro atoms. The maximum Gasteiger partial charge on any atom is 0.261 e. The van der Waals surface area contributed by atoms with E-state index in [1.807, 2.05) is 12.1 Å². The summed E-state index contributed by atoms with van der Waals surface area (Å²) in [5.74, 6) is -0.00443. The largest absolute Gasteiger partial charge is 0.379 e. The first-order valence-electron chi connectivity index (χ1n) is 9.08. The van der Waals surface area contributed by atoms with E-state index in [1.165, 1.54) is 16.9 Å². The van der Waals surface area contributed by atoms with Gasteiger partial charge in [-0.2, -0.15) is 0 Å². The number of aryl methyl sites for hydroxylation is 1. The van der Waals surface area contributed by atoms with E-state index in [2.05, 4.69) is 35.3 Å². The van der Waals surface area contributed by atoms with Gasteiger partial charge in [0.05, 0.1) is 23.6 Å². The second kappa shape index (κ2) is 7.70. The van der Waals surface area contributed by atoms with Crippen molar-refractivity contribution in [2.45, 2.75) is 13.3 Å². The number of nitrogens with one attached hydrogen (secondary N) is 1. The number of hydrogen-bond acceptors (Lipinski definition) is 5. The topological polar surface area (TPSA) is 54.5 Å². The van der Waals surface area contributed by atoms with Crippen LogP contribution in [0.1, 0.15) is 21.7 Å². The average molecular weight is 369 g/mol. The molecule has 1 amide bonds. The third kappa shape index (κ3) is 3.87. The molecule has 3 heterocycles. The fraction of sp³-hybridized carbons (Fsp3) is 0.400. The molecule has 0 unspecified atom stereocenters. The number of pyridine rings is 1. The van der Waals surface area contributed by atoms with Gasteiger partial charge in [-0.25, -0.2) is 4.98 Å². The van der Waals surface area contributed by atoms with Crippen molar-refractivity contribution >= 4 is 38.4 Å². The molecule has 1 aliphatic rings. The summed E-state index contributed by atoms with van der Waals surface area (Å²) in [6.45, 7) is 7.38. The number of rotatable bonds is 5. The predicted molar refractivity (Wildman–Crippen MR) is 106 cm³/mol. The Balaban J connectivity index is 1.39. The van der Waals surface area contributed by atoms with Gasteiger partial charge in [-0.3, -0.25) is 9.69 Å². The number of morpholine rings is 1. The quantitative estimate of drug-likeness (QED) is 0.702. The summed E-state index contributed by atoms with van der Waals surface area (Å²) in [5, 5.41) is 5.19. The van der Waals surface area contributed by atoms with Crippen LogP contribution >= 0.6 is 11.3 Å². The summed E-state index contributed by atoms with van der Waals surface area (Å²) in [5.41, 5.74) is 2.19. The number of benzene rings is 1. The Kier molecular flexibility index (Phi) is 5.15. The average Bonchev–Trinajstić information content (AvgIpc) is 3.07. The first kappa shape index (κ1) is 17.4. The van der Waals surface area contributed by atoms with Crippen molar-refractivity contribution in [1.82, 2.24) is 15.2 Å². The maximum absolute atomic E-state index is 12.5. The Morgan fingerprint density at radius 3 is 2.92 bits per heavy atom. The van der Waals surface area contributed by atoms with Gasteiger partial charge in [0.2, 0.25) is 0 Å². The molecule has 0 bridgehead atoms. The van der Waals surface area contributed by atoms with Crippen molar-refractivity contribution in [3.8, 4) is 0 Å². The highest BCUT2D eigenvalue weighted by molar-refractivity contribution is 7.20. The molecule has 6 heteroatoms.